The first kappa shape index (κ1) is 12.7. The zero-order valence-electron chi connectivity index (χ0n) is 10.1. The summed E-state index contributed by atoms with van der Waals surface area (Å²) in [6, 6.07) is 8.26. The molecule has 0 saturated heterocycles. The van der Waals surface area contributed by atoms with Crippen molar-refractivity contribution in [3.8, 4) is 0 Å². The second-order valence-corrected chi connectivity index (χ2v) is 4.08. The molecule has 0 aliphatic carbocycles. The van der Waals surface area contributed by atoms with Crippen molar-refractivity contribution in [3.05, 3.63) is 57.3 Å². The number of nitrogens with zero attached hydrogens (tertiary/aromatic N) is 3. The van der Waals surface area contributed by atoms with Crippen LogP contribution in [0.1, 0.15) is 21.6 Å². The lowest BCUT2D eigenvalue weighted by Gasteiger charge is -2.04. The Balaban J connectivity index is 2.38. The lowest BCUT2D eigenvalue weighted by Crippen LogP contribution is -2.26. The lowest BCUT2D eigenvalue weighted by molar-refractivity contribution is -0.389. The summed E-state index contributed by atoms with van der Waals surface area (Å²) in [5, 5.41) is 25.2. The van der Waals surface area contributed by atoms with Crippen LogP contribution in [0.15, 0.2) is 30.3 Å². The van der Waals surface area contributed by atoms with Gasteiger partial charge in [-0.3, -0.25) is 0 Å². The third-order valence-electron chi connectivity index (χ3n) is 2.58. The molecule has 0 atom stereocenters. The van der Waals surface area contributed by atoms with Gasteiger partial charge in [-0.1, -0.05) is 29.8 Å². The van der Waals surface area contributed by atoms with Gasteiger partial charge in [0.1, 0.15) is 5.69 Å². The number of carboxylic acid groups (broad SMARTS) is 1. The number of aromatic nitrogens is 2. The minimum atomic E-state index is -1.49. The Morgan fingerprint density at radius 1 is 1.42 bits per heavy atom. The molecule has 0 amide bonds. The number of aryl methyl sites for hydroxylation is 1. The van der Waals surface area contributed by atoms with E-state index in [1.54, 1.807) is 6.07 Å². The van der Waals surface area contributed by atoms with Crippen LogP contribution in [0.25, 0.3) is 0 Å². The molecule has 7 nitrogen and oxygen atoms in total. The molecule has 0 fully saturated rings. The fourth-order valence-corrected chi connectivity index (χ4v) is 1.76. The van der Waals surface area contributed by atoms with Crippen molar-refractivity contribution in [1.82, 2.24) is 9.78 Å². The first-order valence-corrected chi connectivity index (χ1v) is 5.46. The molecule has 1 aromatic carbocycles. The zero-order chi connectivity index (χ0) is 14.0. The first-order chi connectivity index (χ1) is 8.97. The van der Waals surface area contributed by atoms with Crippen LogP contribution in [0, 0.1) is 17.0 Å². The van der Waals surface area contributed by atoms with Gasteiger partial charge in [0.25, 0.3) is 0 Å². The van der Waals surface area contributed by atoms with E-state index < -0.39 is 16.7 Å². The molecular formula is C12H10N3O4-. The summed E-state index contributed by atoms with van der Waals surface area (Å²) >= 11 is 0. The number of benzene rings is 1. The van der Waals surface area contributed by atoms with E-state index in [9.17, 15) is 20.0 Å². The molecule has 0 saturated carbocycles. The smallest absolute Gasteiger partial charge is 0.390 e. The second kappa shape index (κ2) is 4.89. The van der Waals surface area contributed by atoms with Crippen molar-refractivity contribution < 1.29 is 14.8 Å². The van der Waals surface area contributed by atoms with Gasteiger partial charge >= 0.3 is 5.82 Å². The Bertz CT molecular complexity index is 648. The lowest BCUT2D eigenvalue weighted by atomic mass is 10.1. The maximum atomic E-state index is 10.9. The molecule has 19 heavy (non-hydrogen) atoms. The van der Waals surface area contributed by atoms with Gasteiger partial charge in [-0.15, -0.1) is 0 Å². The number of carbonyl (C=O) groups is 1. The fraction of sp³-hybridized carbons (Fsp3) is 0.167. The van der Waals surface area contributed by atoms with Gasteiger partial charge in [0.2, 0.25) is 0 Å². The van der Waals surface area contributed by atoms with E-state index in [1.807, 2.05) is 25.1 Å². The van der Waals surface area contributed by atoms with Crippen molar-refractivity contribution >= 4 is 11.8 Å². The fourth-order valence-electron chi connectivity index (χ4n) is 1.76. The van der Waals surface area contributed by atoms with Crippen molar-refractivity contribution in [3.63, 3.8) is 0 Å². The van der Waals surface area contributed by atoms with E-state index in [1.165, 1.54) is 0 Å². The van der Waals surface area contributed by atoms with Crippen molar-refractivity contribution in [1.29, 1.82) is 0 Å². The first-order valence-electron chi connectivity index (χ1n) is 5.46. The second-order valence-electron chi connectivity index (χ2n) is 4.08. The highest BCUT2D eigenvalue weighted by Gasteiger charge is 2.18. The monoisotopic (exact) mass is 260 g/mol. The largest absolute Gasteiger partial charge is 0.543 e. The zero-order valence-corrected chi connectivity index (χ0v) is 10.1. The van der Waals surface area contributed by atoms with Crippen LogP contribution in [0.3, 0.4) is 0 Å². The molecule has 1 heterocycles. The standard InChI is InChI=1S/C12H11N3O4/c1-8-3-2-4-9(5-8)7-14-10(12(16)17)6-11(13-14)15(18)19/h2-6H,7H2,1H3,(H,16,17)/p-1. The van der Waals surface area contributed by atoms with Crippen LogP contribution in [0.5, 0.6) is 0 Å². The summed E-state index contributed by atoms with van der Waals surface area (Å²) in [7, 11) is 0. The summed E-state index contributed by atoms with van der Waals surface area (Å²) in [5.74, 6) is -2.00. The topological polar surface area (TPSA) is 101 Å². The SMILES string of the molecule is Cc1cccc(Cn2nc([N+](=O)[O-])cc2C(=O)[O-])c1. The predicted octanol–water partition coefficient (Wildman–Crippen LogP) is 0.512. The van der Waals surface area contributed by atoms with Gasteiger partial charge < -0.3 is 20.0 Å². The number of carbonyl (C=O) groups excluding carboxylic acids is 1. The number of hydrogen-bond acceptors (Lipinski definition) is 5. The Kier molecular flexibility index (Phi) is 3.28. The van der Waals surface area contributed by atoms with Gasteiger partial charge in [0.05, 0.1) is 23.7 Å². The summed E-state index contributed by atoms with van der Waals surface area (Å²) in [4.78, 5) is 20.8. The van der Waals surface area contributed by atoms with Crippen LogP contribution < -0.4 is 5.11 Å². The van der Waals surface area contributed by atoms with Gasteiger partial charge in [-0.2, -0.15) is 4.68 Å². The maximum Gasteiger partial charge on any atom is 0.390 e. The number of carboxylic acids is 1. The minimum Gasteiger partial charge on any atom is -0.543 e. The van der Waals surface area contributed by atoms with Crippen LogP contribution in [0.2, 0.25) is 0 Å². The van der Waals surface area contributed by atoms with Gasteiger partial charge in [0.15, 0.2) is 0 Å². The normalized spacial score (nSPS) is 10.4. The van der Waals surface area contributed by atoms with Gasteiger partial charge in [-0.05, 0) is 17.4 Å². The average Bonchev–Trinajstić information content (AvgIpc) is 2.73. The van der Waals surface area contributed by atoms with Crippen molar-refractivity contribution in [2.75, 3.05) is 0 Å². The van der Waals surface area contributed by atoms with Gasteiger partial charge in [-0.25, -0.2) is 0 Å². The number of rotatable bonds is 4. The molecule has 0 bridgehead atoms. The Morgan fingerprint density at radius 2 is 2.16 bits per heavy atom. The Labute approximate surface area is 108 Å². The molecular weight excluding hydrogens is 250 g/mol. The molecule has 0 aliphatic rings. The predicted molar refractivity (Wildman–Crippen MR) is 63.5 cm³/mol. The molecule has 0 N–H and O–H groups in total. The van der Waals surface area contributed by atoms with Crippen LogP contribution >= 0.6 is 0 Å². The van der Waals surface area contributed by atoms with E-state index in [4.69, 9.17) is 0 Å². The summed E-state index contributed by atoms with van der Waals surface area (Å²) in [6.07, 6.45) is 0. The van der Waals surface area contributed by atoms with E-state index >= 15 is 0 Å². The summed E-state index contributed by atoms with van der Waals surface area (Å²) < 4.78 is 1.06. The van der Waals surface area contributed by atoms with Crippen LogP contribution in [0.4, 0.5) is 5.82 Å². The third kappa shape index (κ3) is 2.76. The molecule has 7 heteroatoms. The quantitative estimate of drug-likeness (QED) is 0.588. The molecule has 2 rings (SSSR count). The molecule has 0 radical (unpaired) electrons. The molecule has 0 aliphatic heterocycles. The molecule has 2 aromatic rings. The average molecular weight is 260 g/mol. The van der Waals surface area contributed by atoms with Crippen LogP contribution in [-0.2, 0) is 6.54 Å². The summed E-state index contributed by atoms with van der Waals surface area (Å²) in [5.41, 5.74) is 1.50. The van der Waals surface area contributed by atoms with E-state index in [0.717, 1.165) is 21.9 Å². The molecule has 98 valence electrons. The van der Waals surface area contributed by atoms with Crippen LogP contribution in [-0.4, -0.2) is 20.7 Å². The third-order valence-corrected chi connectivity index (χ3v) is 2.58. The minimum absolute atomic E-state index is 0.138. The summed E-state index contributed by atoms with van der Waals surface area (Å²) in [6.45, 7) is 2.04. The maximum absolute atomic E-state index is 10.9. The van der Waals surface area contributed by atoms with Crippen molar-refractivity contribution in [2.45, 2.75) is 13.5 Å². The van der Waals surface area contributed by atoms with Gasteiger partial charge in [0, 0.05) is 0 Å². The highest BCUT2D eigenvalue weighted by molar-refractivity contribution is 5.84. The highest BCUT2D eigenvalue weighted by atomic mass is 16.6. The molecule has 1 aromatic heterocycles. The Morgan fingerprint density at radius 3 is 2.74 bits per heavy atom. The number of aromatic carboxylic acids is 1. The number of nitro groups is 1. The highest BCUT2D eigenvalue weighted by Crippen LogP contribution is 2.14. The van der Waals surface area contributed by atoms with E-state index in [-0.39, 0.29) is 12.2 Å². The van der Waals surface area contributed by atoms with E-state index in [2.05, 4.69) is 5.10 Å². The molecule has 0 spiro atoms. The molecule has 0 unspecified atom stereocenters. The van der Waals surface area contributed by atoms with E-state index in [0.29, 0.717) is 0 Å². The van der Waals surface area contributed by atoms with Crippen molar-refractivity contribution in [2.24, 2.45) is 0 Å². The Hall–Kier alpha value is -2.70. The number of hydrogen-bond donors (Lipinski definition) is 0.